The summed E-state index contributed by atoms with van der Waals surface area (Å²) >= 11 is 0. The van der Waals surface area contributed by atoms with E-state index >= 15 is 0 Å². The summed E-state index contributed by atoms with van der Waals surface area (Å²) in [5.41, 5.74) is 0. The van der Waals surface area contributed by atoms with Gasteiger partial charge in [-0.2, -0.15) is 0 Å². The standard InChI is InChI=1S/C11H20/c1-2-11-9-7-5-3-4-6-8-10-11/h5,7,11H,2-4,6,8-10H2,1H3/b7-5-. The zero-order valence-electron chi connectivity index (χ0n) is 7.68. The fraction of sp³-hybridized carbons (Fsp3) is 0.818. The molecular formula is C11H20. The van der Waals surface area contributed by atoms with E-state index in [0.29, 0.717) is 0 Å². The highest BCUT2D eigenvalue weighted by molar-refractivity contribution is 4.84. The zero-order chi connectivity index (χ0) is 7.94. The van der Waals surface area contributed by atoms with Gasteiger partial charge in [-0.25, -0.2) is 0 Å². The minimum absolute atomic E-state index is 0.976. The highest BCUT2D eigenvalue weighted by Crippen LogP contribution is 2.20. The lowest BCUT2D eigenvalue weighted by atomic mass is 9.96. The highest BCUT2D eigenvalue weighted by atomic mass is 14.1. The van der Waals surface area contributed by atoms with Crippen LogP contribution in [-0.4, -0.2) is 0 Å². The maximum absolute atomic E-state index is 2.39. The molecule has 1 rings (SSSR count). The Morgan fingerprint density at radius 3 is 2.91 bits per heavy atom. The Bertz CT molecular complexity index is 113. The highest BCUT2D eigenvalue weighted by Gasteiger charge is 2.04. The third kappa shape index (κ3) is 3.60. The molecule has 0 aromatic heterocycles. The number of hydrogen-bond acceptors (Lipinski definition) is 0. The van der Waals surface area contributed by atoms with Crippen molar-refractivity contribution in [3.63, 3.8) is 0 Å². The van der Waals surface area contributed by atoms with Crippen molar-refractivity contribution in [2.75, 3.05) is 0 Å². The van der Waals surface area contributed by atoms with Gasteiger partial charge in [0.05, 0.1) is 0 Å². The molecule has 0 radical (unpaired) electrons. The van der Waals surface area contributed by atoms with Crippen molar-refractivity contribution in [3.8, 4) is 0 Å². The normalized spacial score (nSPS) is 30.1. The van der Waals surface area contributed by atoms with Crippen molar-refractivity contribution in [1.29, 1.82) is 0 Å². The van der Waals surface area contributed by atoms with Crippen LogP contribution in [0.25, 0.3) is 0 Å². The summed E-state index contributed by atoms with van der Waals surface area (Å²) in [7, 11) is 0. The molecule has 0 aliphatic heterocycles. The Kier molecular flexibility index (Phi) is 4.33. The van der Waals surface area contributed by atoms with E-state index in [0.717, 1.165) is 5.92 Å². The van der Waals surface area contributed by atoms with Gasteiger partial charge in [0.25, 0.3) is 0 Å². The van der Waals surface area contributed by atoms with E-state index in [4.69, 9.17) is 0 Å². The third-order valence-electron chi connectivity index (χ3n) is 2.70. The van der Waals surface area contributed by atoms with Crippen molar-refractivity contribution >= 4 is 0 Å². The van der Waals surface area contributed by atoms with Crippen LogP contribution in [0.5, 0.6) is 0 Å². The summed E-state index contributed by atoms with van der Waals surface area (Å²) in [6, 6.07) is 0. The first-order chi connectivity index (χ1) is 5.43. The average molecular weight is 152 g/mol. The lowest BCUT2D eigenvalue weighted by Crippen LogP contribution is -1.95. The maximum Gasteiger partial charge on any atom is -0.0322 e. The van der Waals surface area contributed by atoms with Crippen LogP contribution in [-0.2, 0) is 0 Å². The molecule has 0 heterocycles. The molecule has 1 aliphatic rings. The topological polar surface area (TPSA) is 0 Å². The van der Waals surface area contributed by atoms with Gasteiger partial charge in [0.1, 0.15) is 0 Å². The molecule has 0 aromatic carbocycles. The Hall–Kier alpha value is -0.260. The fourth-order valence-corrected chi connectivity index (χ4v) is 1.77. The number of rotatable bonds is 1. The monoisotopic (exact) mass is 152 g/mol. The van der Waals surface area contributed by atoms with Gasteiger partial charge in [-0.3, -0.25) is 0 Å². The van der Waals surface area contributed by atoms with Crippen LogP contribution in [0.1, 0.15) is 51.9 Å². The van der Waals surface area contributed by atoms with Crippen LogP contribution >= 0.6 is 0 Å². The van der Waals surface area contributed by atoms with E-state index in [2.05, 4.69) is 19.1 Å². The molecule has 1 unspecified atom stereocenters. The first-order valence-corrected chi connectivity index (χ1v) is 5.08. The molecular weight excluding hydrogens is 132 g/mol. The minimum Gasteiger partial charge on any atom is -0.0885 e. The zero-order valence-corrected chi connectivity index (χ0v) is 7.68. The summed E-state index contributed by atoms with van der Waals surface area (Å²) in [5.74, 6) is 0.976. The Morgan fingerprint density at radius 2 is 2.09 bits per heavy atom. The van der Waals surface area contributed by atoms with E-state index in [1.54, 1.807) is 0 Å². The second-order valence-electron chi connectivity index (χ2n) is 3.62. The Labute approximate surface area is 70.7 Å². The quantitative estimate of drug-likeness (QED) is 0.499. The fourth-order valence-electron chi connectivity index (χ4n) is 1.77. The first-order valence-electron chi connectivity index (χ1n) is 5.08. The van der Waals surface area contributed by atoms with Crippen molar-refractivity contribution in [2.24, 2.45) is 5.92 Å². The molecule has 64 valence electrons. The Balaban J connectivity index is 2.30. The SMILES string of the molecule is CCC1C/C=C\CCCCC1. The molecule has 1 aliphatic carbocycles. The molecule has 0 saturated carbocycles. The largest absolute Gasteiger partial charge is 0.0885 e. The van der Waals surface area contributed by atoms with Crippen LogP contribution in [0.15, 0.2) is 12.2 Å². The number of allylic oxidation sites excluding steroid dienone is 2. The van der Waals surface area contributed by atoms with Gasteiger partial charge in [-0.05, 0) is 25.2 Å². The molecule has 0 bridgehead atoms. The summed E-state index contributed by atoms with van der Waals surface area (Å²) in [6.07, 6.45) is 14.5. The summed E-state index contributed by atoms with van der Waals surface area (Å²) in [5, 5.41) is 0. The van der Waals surface area contributed by atoms with E-state index in [-0.39, 0.29) is 0 Å². The van der Waals surface area contributed by atoms with E-state index in [1.165, 1.54) is 44.9 Å². The van der Waals surface area contributed by atoms with Crippen LogP contribution in [0, 0.1) is 5.92 Å². The molecule has 0 fully saturated rings. The summed E-state index contributed by atoms with van der Waals surface area (Å²) in [4.78, 5) is 0. The van der Waals surface area contributed by atoms with Gasteiger partial charge >= 0.3 is 0 Å². The predicted octanol–water partition coefficient (Wildman–Crippen LogP) is 3.92. The molecule has 0 N–H and O–H groups in total. The van der Waals surface area contributed by atoms with Gasteiger partial charge in [0.15, 0.2) is 0 Å². The smallest absolute Gasteiger partial charge is 0.0322 e. The summed E-state index contributed by atoms with van der Waals surface area (Å²) in [6.45, 7) is 2.32. The molecule has 0 nitrogen and oxygen atoms in total. The average Bonchev–Trinajstić information content (AvgIpc) is 2.16. The van der Waals surface area contributed by atoms with E-state index in [1.807, 2.05) is 0 Å². The molecule has 11 heavy (non-hydrogen) atoms. The minimum atomic E-state index is 0.976. The van der Waals surface area contributed by atoms with E-state index < -0.39 is 0 Å². The van der Waals surface area contributed by atoms with Gasteiger partial charge in [-0.15, -0.1) is 0 Å². The van der Waals surface area contributed by atoms with Crippen LogP contribution in [0.4, 0.5) is 0 Å². The molecule has 0 heteroatoms. The lowest BCUT2D eigenvalue weighted by molar-refractivity contribution is 0.452. The third-order valence-corrected chi connectivity index (χ3v) is 2.70. The molecule has 0 aromatic rings. The molecule has 0 amide bonds. The van der Waals surface area contributed by atoms with Gasteiger partial charge < -0.3 is 0 Å². The first kappa shape index (κ1) is 8.83. The van der Waals surface area contributed by atoms with Crippen molar-refractivity contribution in [1.82, 2.24) is 0 Å². The van der Waals surface area contributed by atoms with Crippen molar-refractivity contribution in [3.05, 3.63) is 12.2 Å². The van der Waals surface area contributed by atoms with Crippen LogP contribution < -0.4 is 0 Å². The van der Waals surface area contributed by atoms with E-state index in [9.17, 15) is 0 Å². The van der Waals surface area contributed by atoms with Crippen molar-refractivity contribution < 1.29 is 0 Å². The van der Waals surface area contributed by atoms with Gasteiger partial charge in [-0.1, -0.05) is 44.8 Å². The second-order valence-corrected chi connectivity index (χ2v) is 3.62. The van der Waals surface area contributed by atoms with Crippen LogP contribution in [0.3, 0.4) is 0 Å². The second kappa shape index (κ2) is 5.40. The predicted molar refractivity (Wildman–Crippen MR) is 50.6 cm³/mol. The van der Waals surface area contributed by atoms with Gasteiger partial charge in [0.2, 0.25) is 0 Å². The molecule has 1 atom stereocenters. The van der Waals surface area contributed by atoms with Gasteiger partial charge in [0, 0.05) is 0 Å². The van der Waals surface area contributed by atoms with Crippen LogP contribution in [0.2, 0.25) is 0 Å². The van der Waals surface area contributed by atoms with Crippen molar-refractivity contribution in [2.45, 2.75) is 51.9 Å². The molecule has 0 spiro atoms. The number of hydrogen-bond donors (Lipinski definition) is 0. The summed E-state index contributed by atoms with van der Waals surface area (Å²) < 4.78 is 0. The lowest BCUT2D eigenvalue weighted by Gasteiger charge is -2.10. The maximum atomic E-state index is 2.39. The Morgan fingerprint density at radius 1 is 1.18 bits per heavy atom. The molecule has 0 saturated heterocycles.